The summed E-state index contributed by atoms with van der Waals surface area (Å²) in [6.45, 7) is 4.97. The Kier molecular flexibility index (Phi) is 6.41. The van der Waals surface area contributed by atoms with Crippen LogP contribution in [-0.4, -0.2) is 36.5 Å². The fourth-order valence-electron chi connectivity index (χ4n) is 3.65. The number of pyridine rings is 1. The smallest absolute Gasteiger partial charge is 0.205 e. The Labute approximate surface area is 201 Å². The summed E-state index contributed by atoms with van der Waals surface area (Å²) in [6.07, 6.45) is 3.03. The molecule has 0 amide bonds. The van der Waals surface area contributed by atoms with Gasteiger partial charge in [0.25, 0.3) is 0 Å². The molecule has 3 heterocycles. The lowest BCUT2D eigenvalue weighted by molar-refractivity contribution is 0.881. The van der Waals surface area contributed by atoms with E-state index in [2.05, 4.69) is 75.8 Å². The summed E-state index contributed by atoms with van der Waals surface area (Å²) >= 11 is 3.30. The highest BCUT2D eigenvalue weighted by atomic mass is 32.2. The molecule has 2 aromatic heterocycles. The highest BCUT2D eigenvalue weighted by molar-refractivity contribution is 8.15. The lowest BCUT2D eigenvalue weighted by atomic mass is 9.98. The van der Waals surface area contributed by atoms with Gasteiger partial charge in [-0.25, -0.2) is 4.98 Å². The quantitative estimate of drug-likeness (QED) is 0.356. The van der Waals surface area contributed by atoms with Gasteiger partial charge in [0.05, 0.1) is 11.4 Å². The van der Waals surface area contributed by atoms with Crippen molar-refractivity contribution in [2.45, 2.75) is 31.7 Å². The Hall–Kier alpha value is -3.17. The van der Waals surface area contributed by atoms with E-state index in [0.29, 0.717) is 12.4 Å². The molecule has 0 fully saturated rings. The molecule has 4 aromatic rings. The van der Waals surface area contributed by atoms with E-state index in [4.69, 9.17) is 9.38 Å². The zero-order valence-corrected chi connectivity index (χ0v) is 20.0. The van der Waals surface area contributed by atoms with Crippen molar-refractivity contribution in [1.29, 1.82) is 0 Å². The average molecular weight is 474 g/mol. The van der Waals surface area contributed by atoms with Crippen LogP contribution in [0.15, 0.2) is 70.1 Å². The van der Waals surface area contributed by atoms with Gasteiger partial charge in [0.1, 0.15) is 5.82 Å². The first-order chi connectivity index (χ1) is 16.2. The molecule has 7 nitrogen and oxygen atoms in total. The number of rotatable bonds is 6. The van der Waals surface area contributed by atoms with E-state index in [1.54, 1.807) is 11.8 Å². The van der Waals surface area contributed by atoms with E-state index in [9.17, 15) is 0 Å². The van der Waals surface area contributed by atoms with Gasteiger partial charge >= 0.3 is 0 Å². The number of nitrogens with zero attached hydrogens (tertiary/aromatic N) is 6. The third-order valence-corrected chi connectivity index (χ3v) is 7.29. The molecule has 0 unspecified atom stereocenters. The molecule has 0 saturated heterocycles. The van der Waals surface area contributed by atoms with Crippen LogP contribution in [0.4, 0.5) is 5.82 Å². The van der Waals surface area contributed by atoms with Crippen LogP contribution in [0.5, 0.6) is 0 Å². The molecule has 2 aromatic carbocycles. The van der Waals surface area contributed by atoms with Crippen LogP contribution >= 0.6 is 23.7 Å². The van der Waals surface area contributed by atoms with Gasteiger partial charge in [-0.15, -0.1) is 10.2 Å². The average Bonchev–Trinajstić information content (AvgIpc) is 3.39. The first-order valence-electron chi connectivity index (χ1n) is 10.8. The van der Waals surface area contributed by atoms with Gasteiger partial charge in [-0.1, -0.05) is 67.2 Å². The summed E-state index contributed by atoms with van der Waals surface area (Å²) < 4.78 is 4.79. The Morgan fingerprint density at radius 3 is 2.64 bits per heavy atom. The van der Waals surface area contributed by atoms with Crippen LogP contribution in [0, 0.1) is 6.92 Å². The standard InChI is InChI=1S/C24H23N7S2/c1-3-12-32-24-28-33-21-13-16(2)14-25-23(21)31(24)15-17-8-10-18(11-9-17)19-6-4-5-7-20(19)22-26-29-30-27-22/h4-11,13-14H,3,12,15H2,1-2H3,(H,26,27,29,30). The molecule has 166 valence electrons. The van der Waals surface area contributed by atoms with Crippen molar-refractivity contribution in [2.75, 3.05) is 10.7 Å². The van der Waals surface area contributed by atoms with Crippen molar-refractivity contribution in [3.63, 3.8) is 0 Å². The number of nitrogens with one attached hydrogen (secondary N) is 1. The number of hydrogen-bond donors (Lipinski definition) is 1. The van der Waals surface area contributed by atoms with E-state index in [1.165, 1.54) is 17.5 Å². The number of tetrazole rings is 1. The van der Waals surface area contributed by atoms with Crippen molar-refractivity contribution < 1.29 is 0 Å². The summed E-state index contributed by atoms with van der Waals surface area (Å²) in [4.78, 5) is 8.08. The Bertz CT molecular complexity index is 1270. The van der Waals surface area contributed by atoms with Crippen LogP contribution in [0.2, 0.25) is 0 Å². The van der Waals surface area contributed by atoms with Gasteiger partial charge in [0.2, 0.25) is 5.82 Å². The molecule has 0 atom stereocenters. The third-order valence-electron chi connectivity index (χ3n) is 5.23. The fraction of sp³-hybridized carbons (Fsp3) is 0.208. The first-order valence-corrected chi connectivity index (χ1v) is 12.5. The van der Waals surface area contributed by atoms with Crippen LogP contribution in [0.25, 0.3) is 22.5 Å². The molecule has 0 saturated carbocycles. The van der Waals surface area contributed by atoms with Crippen molar-refractivity contribution >= 4 is 34.7 Å². The zero-order chi connectivity index (χ0) is 22.6. The SMILES string of the molecule is CCCSC1=NSc2cc(C)cnc2N1Cc1ccc(-c2ccccc2-c2nn[nH]n2)cc1. The number of anilines is 1. The highest BCUT2D eigenvalue weighted by Crippen LogP contribution is 2.38. The van der Waals surface area contributed by atoms with Gasteiger partial charge in [-0.3, -0.25) is 4.90 Å². The largest absolute Gasteiger partial charge is 0.300 e. The number of benzene rings is 2. The summed E-state index contributed by atoms with van der Waals surface area (Å²) in [5, 5.41) is 15.5. The normalized spacial score (nSPS) is 13.0. The topological polar surface area (TPSA) is 83.0 Å². The predicted molar refractivity (Wildman–Crippen MR) is 136 cm³/mol. The lowest BCUT2D eigenvalue weighted by Gasteiger charge is -2.29. The lowest BCUT2D eigenvalue weighted by Crippen LogP contribution is -2.31. The summed E-state index contributed by atoms with van der Waals surface area (Å²) in [5.41, 5.74) is 5.47. The van der Waals surface area contributed by atoms with Crippen molar-refractivity contribution in [1.82, 2.24) is 25.6 Å². The van der Waals surface area contributed by atoms with Crippen LogP contribution in [0.1, 0.15) is 24.5 Å². The zero-order valence-electron chi connectivity index (χ0n) is 18.4. The van der Waals surface area contributed by atoms with Crippen LogP contribution in [-0.2, 0) is 6.54 Å². The van der Waals surface area contributed by atoms with Gasteiger partial charge in [-0.2, -0.15) is 9.61 Å². The number of thioether (sulfide) groups is 1. The Morgan fingerprint density at radius 2 is 1.88 bits per heavy atom. The molecule has 1 N–H and O–H groups in total. The minimum Gasteiger partial charge on any atom is -0.300 e. The molecule has 1 aliphatic rings. The van der Waals surface area contributed by atoms with E-state index in [1.807, 2.05) is 24.4 Å². The minimum atomic E-state index is 0.590. The molecule has 0 spiro atoms. The third kappa shape index (κ3) is 4.65. The number of aromatic amines is 1. The first kappa shape index (κ1) is 21.7. The molecule has 0 radical (unpaired) electrons. The van der Waals surface area contributed by atoms with Gasteiger partial charge in [0, 0.05) is 29.5 Å². The molecular weight excluding hydrogens is 450 g/mol. The second-order valence-electron chi connectivity index (χ2n) is 7.71. The molecule has 0 aliphatic carbocycles. The van der Waals surface area contributed by atoms with Crippen LogP contribution in [0.3, 0.4) is 0 Å². The number of hydrogen-bond acceptors (Lipinski definition) is 8. The maximum atomic E-state index is 4.79. The second kappa shape index (κ2) is 9.76. The molecule has 0 bridgehead atoms. The van der Waals surface area contributed by atoms with Crippen LogP contribution < -0.4 is 4.90 Å². The maximum absolute atomic E-state index is 4.79. The van der Waals surface area contributed by atoms with Crippen molar-refractivity contribution in [3.8, 4) is 22.5 Å². The van der Waals surface area contributed by atoms with E-state index in [0.717, 1.165) is 50.3 Å². The summed E-state index contributed by atoms with van der Waals surface area (Å²) in [5.74, 6) is 2.60. The van der Waals surface area contributed by atoms with E-state index >= 15 is 0 Å². The highest BCUT2D eigenvalue weighted by Gasteiger charge is 2.24. The summed E-state index contributed by atoms with van der Waals surface area (Å²) in [7, 11) is 0. The van der Waals surface area contributed by atoms with E-state index in [-0.39, 0.29) is 0 Å². The number of H-pyrrole nitrogens is 1. The summed E-state index contributed by atoms with van der Waals surface area (Å²) in [6, 6.07) is 18.9. The van der Waals surface area contributed by atoms with Gasteiger partial charge in [-0.05, 0) is 46.9 Å². The number of aryl methyl sites for hydroxylation is 1. The molecule has 33 heavy (non-hydrogen) atoms. The van der Waals surface area contributed by atoms with Crippen molar-refractivity contribution in [2.24, 2.45) is 4.40 Å². The number of aromatic nitrogens is 5. The van der Waals surface area contributed by atoms with Crippen molar-refractivity contribution in [3.05, 3.63) is 71.9 Å². The molecule has 1 aliphatic heterocycles. The molecule has 9 heteroatoms. The second-order valence-corrected chi connectivity index (χ2v) is 9.58. The number of amidine groups is 1. The van der Waals surface area contributed by atoms with Gasteiger partial charge < -0.3 is 0 Å². The minimum absolute atomic E-state index is 0.590. The Morgan fingerprint density at radius 1 is 1.06 bits per heavy atom. The monoisotopic (exact) mass is 473 g/mol. The Balaban J connectivity index is 1.43. The van der Waals surface area contributed by atoms with E-state index < -0.39 is 0 Å². The maximum Gasteiger partial charge on any atom is 0.205 e. The fourth-order valence-corrected chi connectivity index (χ4v) is 5.43. The number of fused-ring (bicyclic) bond motifs is 1. The predicted octanol–water partition coefficient (Wildman–Crippen LogP) is 5.76. The van der Waals surface area contributed by atoms with Gasteiger partial charge in [0.15, 0.2) is 5.17 Å². The molecule has 5 rings (SSSR count). The molecular formula is C24H23N7S2.